The van der Waals surface area contributed by atoms with Crippen molar-refractivity contribution in [3.8, 4) is 5.69 Å². The lowest BCUT2D eigenvalue weighted by Gasteiger charge is -2.15. The summed E-state index contributed by atoms with van der Waals surface area (Å²) in [5.41, 5.74) is 6.26. The van der Waals surface area contributed by atoms with Crippen molar-refractivity contribution in [2.24, 2.45) is 0 Å². The molecule has 0 atom stereocenters. The van der Waals surface area contributed by atoms with Crippen molar-refractivity contribution in [2.75, 3.05) is 18.4 Å². The van der Waals surface area contributed by atoms with Crippen molar-refractivity contribution in [3.63, 3.8) is 0 Å². The van der Waals surface area contributed by atoms with Crippen molar-refractivity contribution in [1.29, 1.82) is 0 Å². The van der Waals surface area contributed by atoms with Gasteiger partial charge >= 0.3 is 0 Å². The molecule has 6 nitrogen and oxygen atoms in total. The van der Waals surface area contributed by atoms with Crippen LogP contribution in [0.5, 0.6) is 0 Å². The van der Waals surface area contributed by atoms with Crippen LogP contribution in [0.25, 0.3) is 17.8 Å². The van der Waals surface area contributed by atoms with Gasteiger partial charge in [0.15, 0.2) is 0 Å². The first kappa shape index (κ1) is 21.5. The van der Waals surface area contributed by atoms with Crippen LogP contribution < -0.4 is 5.32 Å². The number of aromatic nitrogens is 4. The molecule has 1 N–H and O–H groups in total. The predicted molar refractivity (Wildman–Crippen MR) is 131 cm³/mol. The first-order valence-corrected chi connectivity index (χ1v) is 10.9. The van der Waals surface area contributed by atoms with Crippen LogP contribution in [0.15, 0.2) is 79.3 Å². The summed E-state index contributed by atoms with van der Waals surface area (Å²) in [6.07, 6.45) is 9.78. The molecule has 0 saturated carbocycles. The summed E-state index contributed by atoms with van der Waals surface area (Å²) in [7, 11) is 0. The largest absolute Gasteiger partial charge is 0.355 e. The second-order valence-electron chi connectivity index (χ2n) is 7.53. The van der Waals surface area contributed by atoms with E-state index in [4.69, 9.17) is 0 Å². The van der Waals surface area contributed by atoms with E-state index in [2.05, 4.69) is 87.9 Å². The van der Waals surface area contributed by atoms with Gasteiger partial charge in [0.2, 0.25) is 0 Å². The van der Waals surface area contributed by atoms with E-state index in [1.807, 2.05) is 35.1 Å². The number of hydrogen-bond acceptors (Lipinski definition) is 5. The Kier molecular flexibility index (Phi) is 7.05. The molecule has 0 amide bonds. The molecule has 0 unspecified atom stereocenters. The summed E-state index contributed by atoms with van der Waals surface area (Å²) in [4.78, 5) is 6.37. The standard InChI is InChI=1S/C26H28N6/c1-3-31(4-2)19-25-20-32(30-29-25)26-7-5-6-24(18-26)28-23-12-10-21(11-13-23)8-9-22-14-16-27-17-15-22/h5-18,20,28H,3-4,19H2,1-2H3. The van der Waals surface area contributed by atoms with Crippen LogP contribution in [0.3, 0.4) is 0 Å². The fraction of sp³-hybridized carbons (Fsp3) is 0.192. The molecule has 2 aromatic carbocycles. The fourth-order valence-corrected chi connectivity index (χ4v) is 3.41. The van der Waals surface area contributed by atoms with E-state index in [0.29, 0.717) is 0 Å². The average Bonchev–Trinajstić information content (AvgIpc) is 3.32. The molecule has 4 rings (SSSR count). The Balaban J connectivity index is 1.42. The zero-order valence-corrected chi connectivity index (χ0v) is 18.5. The van der Waals surface area contributed by atoms with Crippen LogP contribution >= 0.6 is 0 Å². The van der Waals surface area contributed by atoms with Crippen molar-refractivity contribution in [1.82, 2.24) is 24.9 Å². The number of anilines is 2. The van der Waals surface area contributed by atoms with Gasteiger partial charge in [0.25, 0.3) is 0 Å². The monoisotopic (exact) mass is 424 g/mol. The van der Waals surface area contributed by atoms with Crippen molar-refractivity contribution >= 4 is 23.5 Å². The number of rotatable bonds is 9. The maximum Gasteiger partial charge on any atom is 0.0971 e. The lowest BCUT2D eigenvalue weighted by Crippen LogP contribution is -2.22. The minimum absolute atomic E-state index is 0.812. The van der Waals surface area contributed by atoms with Gasteiger partial charge in [-0.05, 0) is 66.7 Å². The van der Waals surface area contributed by atoms with Gasteiger partial charge in [-0.2, -0.15) is 0 Å². The third-order valence-corrected chi connectivity index (χ3v) is 5.31. The summed E-state index contributed by atoms with van der Waals surface area (Å²) < 4.78 is 1.83. The molecule has 0 aliphatic heterocycles. The van der Waals surface area contributed by atoms with E-state index in [1.165, 1.54) is 0 Å². The van der Waals surface area contributed by atoms with Gasteiger partial charge in [0, 0.05) is 30.3 Å². The molecule has 0 spiro atoms. The maximum absolute atomic E-state index is 4.33. The molecular formula is C26H28N6. The molecule has 0 aliphatic carbocycles. The molecule has 2 aromatic heterocycles. The third kappa shape index (κ3) is 5.68. The van der Waals surface area contributed by atoms with E-state index in [0.717, 1.165) is 53.5 Å². The zero-order valence-electron chi connectivity index (χ0n) is 18.5. The first-order chi connectivity index (χ1) is 15.7. The summed E-state index contributed by atoms with van der Waals surface area (Å²) >= 11 is 0. The van der Waals surface area contributed by atoms with Crippen LogP contribution in [0.1, 0.15) is 30.7 Å². The average molecular weight is 425 g/mol. The molecule has 0 saturated heterocycles. The third-order valence-electron chi connectivity index (χ3n) is 5.31. The lowest BCUT2D eigenvalue weighted by molar-refractivity contribution is 0.292. The van der Waals surface area contributed by atoms with E-state index < -0.39 is 0 Å². The highest BCUT2D eigenvalue weighted by atomic mass is 15.4. The van der Waals surface area contributed by atoms with E-state index in [1.54, 1.807) is 12.4 Å². The Labute approximate surface area is 189 Å². The highest BCUT2D eigenvalue weighted by Crippen LogP contribution is 2.21. The molecule has 162 valence electrons. The van der Waals surface area contributed by atoms with Gasteiger partial charge in [-0.25, -0.2) is 4.68 Å². The second-order valence-corrected chi connectivity index (χ2v) is 7.53. The topological polar surface area (TPSA) is 58.9 Å². The highest BCUT2D eigenvalue weighted by molar-refractivity contribution is 5.71. The Bertz CT molecular complexity index is 1140. The Morgan fingerprint density at radius 1 is 0.875 bits per heavy atom. The maximum atomic E-state index is 4.33. The molecule has 0 radical (unpaired) electrons. The molecule has 6 heteroatoms. The van der Waals surface area contributed by atoms with Gasteiger partial charge in [-0.3, -0.25) is 9.88 Å². The number of hydrogen-bond donors (Lipinski definition) is 1. The summed E-state index contributed by atoms with van der Waals surface area (Å²) in [6, 6.07) is 20.5. The first-order valence-electron chi connectivity index (χ1n) is 10.9. The van der Waals surface area contributed by atoms with Gasteiger partial charge < -0.3 is 5.32 Å². The Morgan fingerprint density at radius 3 is 2.31 bits per heavy atom. The summed E-state index contributed by atoms with van der Waals surface area (Å²) in [5, 5.41) is 12.1. The van der Waals surface area contributed by atoms with Crippen molar-refractivity contribution in [2.45, 2.75) is 20.4 Å². The molecular weight excluding hydrogens is 396 g/mol. The normalized spacial score (nSPS) is 11.3. The van der Waals surface area contributed by atoms with Crippen molar-refractivity contribution < 1.29 is 0 Å². The molecule has 2 heterocycles. The molecule has 32 heavy (non-hydrogen) atoms. The summed E-state index contributed by atoms with van der Waals surface area (Å²) in [6.45, 7) is 7.13. The van der Waals surface area contributed by atoms with Gasteiger partial charge in [-0.15, -0.1) is 5.10 Å². The van der Waals surface area contributed by atoms with Crippen LogP contribution in [0.4, 0.5) is 11.4 Å². The molecule has 0 bridgehead atoms. The highest BCUT2D eigenvalue weighted by Gasteiger charge is 2.07. The smallest absolute Gasteiger partial charge is 0.0971 e. The van der Waals surface area contributed by atoms with Gasteiger partial charge in [0.05, 0.1) is 17.6 Å². The zero-order chi connectivity index (χ0) is 22.2. The van der Waals surface area contributed by atoms with Crippen LogP contribution in [-0.2, 0) is 6.54 Å². The number of nitrogens with one attached hydrogen (secondary N) is 1. The van der Waals surface area contributed by atoms with Crippen LogP contribution in [0, 0.1) is 0 Å². The minimum Gasteiger partial charge on any atom is -0.355 e. The SMILES string of the molecule is CCN(CC)Cc1cn(-c2cccc(Nc3ccc(C=Cc4ccncc4)cc3)c2)nn1. The number of nitrogens with zero attached hydrogens (tertiary/aromatic N) is 5. The van der Waals surface area contributed by atoms with Crippen LogP contribution in [0.2, 0.25) is 0 Å². The Hall–Kier alpha value is -3.77. The van der Waals surface area contributed by atoms with Gasteiger partial charge in [-0.1, -0.05) is 49.4 Å². The quantitative estimate of drug-likeness (QED) is 0.389. The molecule has 0 aliphatic rings. The number of benzene rings is 2. The number of pyridine rings is 1. The van der Waals surface area contributed by atoms with Crippen LogP contribution in [-0.4, -0.2) is 38.0 Å². The van der Waals surface area contributed by atoms with E-state index in [9.17, 15) is 0 Å². The predicted octanol–water partition coefficient (Wildman–Crippen LogP) is 5.42. The minimum atomic E-state index is 0.812. The second kappa shape index (κ2) is 10.5. The molecule has 4 aromatic rings. The van der Waals surface area contributed by atoms with E-state index in [-0.39, 0.29) is 0 Å². The summed E-state index contributed by atoms with van der Waals surface area (Å²) in [5.74, 6) is 0. The van der Waals surface area contributed by atoms with Crippen molar-refractivity contribution in [3.05, 3.63) is 96.1 Å². The van der Waals surface area contributed by atoms with E-state index >= 15 is 0 Å². The van der Waals surface area contributed by atoms with Gasteiger partial charge in [0.1, 0.15) is 0 Å². The Morgan fingerprint density at radius 2 is 1.59 bits per heavy atom. The molecule has 0 fully saturated rings. The lowest BCUT2D eigenvalue weighted by atomic mass is 10.1. The fourth-order valence-electron chi connectivity index (χ4n) is 3.41.